The summed E-state index contributed by atoms with van der Waals surface area (Å²) in [6.07, 6.45) is -4.31. The molecule has 1 aromatic carbocycles. The van der Waals surface area contributed by atoms with Crippen molar-refractivity contribution in [2.45, 2.75) is 40.8 Å². The molecular weight excluding hydrogens is 241 g/mol. The minimum atomic E-state index is -4.31. The Morgan fingerprint density at radius 2 is 1.67 bits per heavy atom. The van der Waals surface area contributed by atoms with Gasteiger partial charge >= 0.3 is 6.18 Å². The van der Waals surface area contributed by atoms with Crippen molar-refractivity contribution in [3.8, 4) is 0 Å². The van der Waals surface area contributed by atoms with E-state index < -0.39 is 11.7 Å². The molecule has 1 heterocycles. The van der Waals surface area contributed by atoms with Crippen LogP contribution in [0.4, 0.5) is 13.2 Å². The average molecular weight is 258 g/mol. The van der Waals surface area contributed by atoms with Crippen molar-refractivity contribution in [1.29, 1.82) is 0 Å². The minimum Gasteiger partial charge on any atom is -0.282 e. The van der Waals surface area contributed by atoms with Crippen LogP contribution >= 0.6 is 0 Å². The van der Waals surface area contributed by atoms with Crippen molar-refractivity contribution in [3.05, 3.63) is 28.5 Å². The third-order valence-corrected chi connectivity index (χ3v) is 2.76. The molecule has 1 aromatic heterocycles. The number of fused-ring (bicyclic) bond motifs is 1. The zero-order valence-electron chi connectivity index (χ0n) is 11.2. The van der Waals surface area contributed by atoms with Gasteiger partial charge in [-0.1, -0.05) is 13.8 Å². The fraction of sp³-hybridized carbons (Fsp3) is 0.462. The lowest BCUT2D eigenvalue weighted by Crippen LogP contribution is -2.10. The number of nitrogens with zero attached hydrogens (tertiary/aromatic N) is 1. The molecule has 2 nitrogen and oxygen atoms in total. The lowest BCUT2D eigenvalue weighted by molar-refractivity contribution is -0.138. The Bertz CT molecular complexity index is 553. The van der Waals surface area contributed by atoms with Gasteiger partial charge in [-0.25, -0.2) is 0 Å². The van der Waals surface area contributed by atoms with Crippen molar-refractivity contribution in [3.63, 3.8) is 0 Å². The van der Waals surface area contributed by atoms with Gasteiger partial charge in [-0.2, -0.15) is 18.3 Å². The number of aromatic nitrogens is 2. The van der Waals surface area contributed by atoms with E-state index in [2.05, 4.69) is 10.2 Å². The molecule has 0 unspecified atom stereocenters. The normalized spacial score (nSPS) is 11.3. The maximum atomic E-state index is 12.8. The number of nitrogens with one attached hydrogen (secondary N) is 1. The van der Waals surface area contributed by atoms with Gasteiger partial charge in [0.05, 0.1) is 11.1 Å². The molecule has 0 saturated heterocycles. The van der Waals surface area contributed by atoms with Gasteiger partial charge < -0.3 is 0 Å². The van der Waals surface area contributed by atoms with Crippen LogP contribution in [0, 0.1) is 20.8 Å². The predicted molar refractivity (Wildman–Crippen MR) is 66.7 cm³/mol. The third kappa shape index (κ3) is 2.35. The topological polar surface area (TPSA) is 28.7 Å². The minimum absolute atomic E-state index is 0.212. The first-order valence-corrected chi connectivity index (χ1v) is 5.84. The number of hydrogen-bond acceptors (Lipinski definition) is 1. The molecule has 2 aromatic rings. The Morgan fingerprint density at radius 3 is 2.17 bits per heavy atom. The molecule has 100 valence electrons. The largest absolute Gasteiger partial charge is 0.416 e. The molecule has 18 heavy (non-hydrogen) atoms. The zero-order valence-corrected chi connectivity index (χ0v) is 11.2. The van der Waals surface area contributed by atoms with E-state index in [1.807, 2.05) is 13.8 Å². The molecule has 0 radical (unpaired) electrons. The summed E-state index contributed by atoms with van der Waals surface area (Å²) >= 11 is 0. The first-order valence-electron chi connectivity index (χ1n) is 5.84. The summed E-state index contributed by atoms with van der Waals surface area (Å²) in [4.78, 5) is 0. The molecule has 1 N–H and O–H groups in total. The molecule has 0 atom stereocenters. The lowest BCUT2D eigenvalue weighted by Gasteiger charge is -2.14. The van der Waals surface area contributed by atoms with Crippen LogP contribution in [0.25, 0.3) is 10.9 Å². The highest BCUT2D eigenvalue weighted by molar-refractivity contribution is 5.86. The fourth-order valence-corrected chi connectivity index (χ4v) is 2.16. The first kappa shape index (κ1) is 14.5. The quantitative estimate of drug-likeness (QED) is 0.738. The maximum Gasteiger partial charge on any atom is 0.416 e. The van der Waals surface area contributed by atoms with Crippen LogP contribution in [0.2, 0.25) is 0 Å². The van der Waals surface area contributed by atoms with E-state index in [4.69, 9.17) is 0 Å². The Morgan fingerprint density at radius 1 is 1.11 bits per heavy atom. The summed E-state index contributed by atoms with van der Waals surface area (Å²) < 4.78 is 38.5. The summed E-state index contributed by atoms with van der Waals surface area (Å²) in [5, 5.41) is 7.24. The van der Waals surface area contributed by atoms with E-state index in [-0.39, 0.29) is 11.1 Å². The van der Waals surface area contributed by atoms with Gasteiger partial charge in [-0.05, 0) is 38.0 Å². The van der Waals surface area contributed by atoms with Crippen molar-refractivity contribution in [2.24, 2.45) is 0 Å². The maximum absolute atomic E-state index is 12.8. The van der Waals surface area contributed by atoms with E-state index in [1.165, 1.54) is 19.9 Å². The molecule has 0 saturated carbocycles. The van der Waals surface area contributed by atoms with Crippen LogP contribution < -0.4 is 0 Å². The van der Waals surface area contributed by atoms with Crippen LogP contribution in [-0.4, -0.2) is 10.2 Å². The standard InChI is InChI=1S/C11H11F3N2.C2H6/c1-5-4-8-9(7(3)15-16-8)6(2)10(5)11(12,13)14;1-2/h4H,1-3H3,(H,15,16);1-2H3. The third-order valence-electron chi connectivity index (χ3n) is 2.76. The number of aromatic amines is 1. The second-order valence-electron chi connectivity index (χ2n) is 3.93. The lowest BCUT2D eigenvalue weighted by atomic mass is 9.97. The van der Waals surface area contributed by atoms with Gasteiger partial charge in [0.1, 0.15) is 0 Å². The summed E-state index contributed by atoms with van der Waals surface area (Å²) in [7, 11) is 0. The molecule has 0 aliphatic rings. The molecule has 2 rings (SSSR count). The second kappa shape index (κ2) is 5.00. The molecule has 0 fully saturated rings. The van der Waals surface area contributed by atoms with Crippen LogP contribution in [0.1, 0.15) is 36.2 Å². The molecule has 0 spiro atoms. The highest BCUT2D eigenvalue weighted by atomic mass is 19.4. The van der Waals surface area contributed by atoms with E-state index in [0.29, 0.717) is 16.6 Å². The molecule has 0 bridgehead atoms. The van der Waals surface area contributed by atoms with Crippen LogP contribution in [0.3, 0.4) is 0 Å². The fourth-order valence-electron chi connectivity index (χ4n) is 2.16. The summed E-state index contributed by atoms with van der Waals surface area (Å²) in [5.41, 5.74) is 1.15. The van der Waals surface area contributed by atoms with Gasteiger partial charge in [0.25, 0.3) is 0 Å². The molecule has 5 heteroatoms. The van der Waals surface area contributed by atoms with E-state index in [0.717, 1.165) is 0 Å². The van der Waals surface area contributed by atoms with Crippen molar-refractivity contribution >= 4 is 10.9 Å². The van der Waals surface area contributed by atoms with Gasteiger partial charge in [-0.3, -0.25) is 5.10 Å². The van der Waals surface area contributed by atoms with E-state index >= 15 is 0 Å². The second-order valence-corrected chi connectivity index (χ2v) is 3.93. The molecule has 0 amide bonds. The summed E-state index contributed by atoms with van der Waals surface area (Å²) in [6.45, 7) is 8.66. The monoisotopic (exact) mass is 258 g/mol. The van der Waals surface area contributed by atoms with Gasteiger partial charge in [0, 0.05) is 11.1 Å². The Kier molecular flexibility index (Phi) is 4.04. The predicted octanol–water partition coefficient (Wildman–Crippen LogP) is 4.53. The highest BCUT2D eigenvalue weighted by Crippen LogP contribution is 2.37. The zero-order chi connectivity index (χ0) is 14.1. The molecule has 0 aliphatic heterocycles. The van der Waals surface area contributed by atoms with E-state index in [9.17, 15) is 13.2 Å². The highest BCUT2D eigenvalue weighted by Gasteiger charge is 2.35. The van der Waals surface area contributed by atoms with Crippen LogP contribution in [0.15, 0.2) is 6.07 Å². The van der Waals surface area contributed by atoms with Gasteiger partial charge in [0.15, 0.2) is 0 Å². The summed E-state index contributed by atoms with van der Waals surface area (Å²) in [5.74, 6) is 0. The Hall–Kier alpha value is -1.52. The number of halogens is 3. The van der Waals surface area contributed by atoms with Crippen LogP contribution in [0.5, 0.6) is 0 Å². The molecule has 0 aliphatic carbocycles. The van der Waals surface area contributed by atoms with Crippen molar-refractivity contribution in [1.82, 2.24) is 10.2 Å². The van der Waals surface area contributed by atoms with Crippen LogP contribution in [-0.2, 0) is 6.18 Å². The smallest absolute Gasteiger partial charge is 0.282 e. The van der Waals surface area contributed by atoms with Gasteiger partial charge in [0.2, 0.25) is 0 Å². The van der Waals surface area contributed by atoms with Crippen molar-refractivity contribution in [2.75, 3.05) is 0 Å². The number of aryl methyl sites for hydroxylation is 3. The molecular formula is C13H17F3N2. The number of H-pyrrole nitrogens is 1. The SMILES string of the molecule is CC.Cc1cc2n[nH]c(C)c2c(C)c1C(F)(F)F. The number of benzene rings is 1. The Balaban J connectivity index is 0.000000771. The van der Waals surface area contributed by atoms with E-state index in [1.54, 1.807) is 6.92 Å². The Labute approximate surface area is 104 Å². The van der Waals surface area contributed by atoms with Crippen molar-refractivity contribution < 1.29 is 13.2 Å². The average Bonchev–Trinajstić information content (AvgIpc) is 2.61. The number of hydrogen-bond donors (Lipinski definition) is 1. The number of rotatable bonds is 0. The first-order chi connectivity index (χ1) is 8.32. The number of alkyl halides is 3. The summed E-state index contributed by atoms with van der Waals surface area (Å²) in [6, 6.07) is 1.47. The van der Waals surface area contributed by atoms with Gasteiger partial charge in [-0.15, -0.1) is 0 Å².